The highest BCUT2D eigenvalue weighted by Crippen LogP contribution is 2.34. The third-order valence-electron chi connectivity index (χ3n) is 3.25. The van der Waals surface area contributed by atoms with Gasteiger partial charge in [-0.15, -0.1) is 0 Å². The minimum atomic E-state index is -4.44. The van der Waals surface area contributed by atoms with E-state index in [-0.39, 0.29) is 24.3 Å². The lowest BCUT2D eigenvalue weighted by atomic mass is 10.1. The molecular formula is C12H12BrNO7S. The standard InChI is InChI=1S/C12H12BrNO7S/c13-8-2-4-9(5-3-8)22(19,20)21-12(10(15)16)6-1-7-14(12)11(17)18/h2-5H,1,6-7H2,(H,15,16)(H,17,18). The molecule has 1 saturated heterocycles. The molecule has 0 aromatic heterocycles. The van der Waals surface area contributed by atoms with E-state index in [1.165, 1.54) is 24.3 Å². The molecule has 0 aliphatic carbocycles. The normalized spacial score (nSPS) is 21.8. The van der Waals surface area contributed by atoms with Gasteiger partial charge in [0.05, 0.1) is 4.90 Å². The van der Waals surface area contributed by atoms with Gasteiger partial charge in [0.1, 0.15) is 0 Å². The van der Waals surface area contributed by atoms with Gasteiger partial charge in [-0.25, -0.2) is 13.8 Å². The molecule has 1 aromatic rings. The first-order valence-electron chi connectivity index (χ1n) is 6.14. The van der Waals surface area contributed by atoms with E-state index in [9.17, 15) is 23.1 Å². The fraction of sp³-hybridized carbons (Fsp3) is 0.333. The SMILES string of the molecule is O=C(O)N1CCCC1(OS(=O)(=O)c1ccc(Br)cc1)C(=O)O. The van der Waals surface area contributed by atoms with Crippen molar-refractivity contribution in [2.45, 2.75) is 23.5 Å². The Hall–Kier alpha value is -1.65. The third-order valence-corrected chi connectivity index (χ3v) is 5.12. The van der Waals surface area contributed by atoms with Crippen LogP contribution >= 0.6 is 15.9 Å². The van der Waals surface area contributed by atoms with Crippen LogP contribution in [0.5, 0.6) is 0 Å². The van der Waals surface area contributed by atoms with Crippen LogP contribution in [0.15, 0.2) is 33.6 Å². The maximum atomic E-state index is 12.3. The molecule has 0 saturated carbocycles. The summed E-state index contributed by atoms with van der Waals surface area (Å²) in [6.07, 6.45) is -1.61. The first-order valence-corrected chi connectivity index (χ1v) is 8.34. The Bertz CT molecular complexity index is 703. The van der Waals surface area contributed by atoms with Gasteiger partial charge in [-0.05, 0) is 30.7 Å². The fourth-order valence-electron chi connectivity index (χ4n) is 2.22. The van der Waals surface area contributed by atoms with Crippen LogP contribution in [0.4, 0.5) is 4.79 Å². The molecule has 1 heterocycles. The maximum Gasteiger partial charge on any atom is 0.410 e. The molecule has 1 unspecified atom stereocenters. The van der Waals surface area contributed by atoms with Gasteiger partial charge in [-0.2, -0.15) is 8.42 Å². The van der Waals surface area contributed by atoms with E-state index in [4.69, 9.17) is 9.29 Å². The van der Waals surface area contributed by atoms with Crippen LogP contribution in [0.2, 0.25) is 0 Å². The summed E-state index contributed by atoms with van der Waals surface area (Å²) < 4.78 is 30.0. The van der Waals surface area contributed by atoms with Gasteiger partial charge in [0.15, 0.2) is 0 Å². The number of amides is 1. The largest absolute Gasteiger partial charge is 0.478 e. The van der Waals surface area contributed by atoms with Gasteiger partial charge in [0.25, 0.3) is 15.8 Å². The van der Waals surface area contributed by atoms with E-state index >= 15 is 0 Å². The highest BCUT2D eigenvalue weighted by Gasteiger charge is 2.55. The number of aliphatic carboxylic acids is 1. The van der Waals surface area contributed by atoms with Crippen LogP contribution in [-0.4, -0.2) is 47.9 Å². The molecule has 2 rings (SSSR count). The third kappa shape index (κ3) is 2.94. The maximum absolute atomic E-state index is 12.3. The minimum absolute atomic E-state index is 0.114. The Morgan fingerprint density at radius 2 is 1.82 bits per heavy atom. The van der Waals surface area contributed by atoms with Crippen molar-refractivity contribution in [3.8, 4) is 0 Å². The van der Waals surface area contributed by atoms with E-state index in [0.717, 1.165) is 0 Å². The Labute approximate surface area is 134 Å². The highest BCUT2D eigenvalue weighted by atomic mass is 79.9. The van der Waals surface area contributed by atoms with Crippen molar-refractivity contribution >= 4 is 38.1 Å². The zero-order valence-corrected chi connectivity index (χ0v) is 13.5. The van der Waals surface area contributed by atoms with E-state index in [1.54, 1.807) is 0 Å². The number of carbonyl (C=O) groups is 2. The predicted octanol–water partition coefficient (Wildman–Crippen LogP) is 1.71. The quantitative estimate of drug-likeness (QED) is 0.746. The second-order valence-corrected chi connectivity index (χ2v) is 7.08. The van der Waals surface area contributed by atoms with Gasteiger partial charge in [0.2, 0.25) is 0 Å². The van der Waals surface area contributed by atoms with Crippen molar-refractivity contribution in [1.29, 1.82) is 0 Å². The number of carboxylic acids is 1. The van der Waals surface area contributed by atoms with Gasteiger partial charge in [-0.3, -0.25) is 4.90 Å². The molecule has 10 heteroatoms. The summed E-state index contributed by atoms with van der Waals surface area (Å²) in [5.41, 5.74) is -2.43. The summed E-state index contributed by atoms with van der Waals surface area (Å²) in [7, 11) is -4.44. The fourth-order valence-corrected chi connectivity index (χ4v) is 3.66. The molecule has 1 aromatic carbocycles. The highest BCUT2D eigenvalue weighted by molar-refractivity contribution is 9.10. The molecule has 0 bridgehead atoms. The average molecular weight is 394 g/mol. The van der Waals surface area contributed by atoms with E-state index in [0.29, 0.717) is 9.37 Å². The van der Waals surface area contributed by atoms with Crippen molar-refractivity contribution in [2.24, 2.45) is 0 Å². The number of benzene rings is 1. The van der Waals surface area contributed by atoms with Gasteiger partial charge >= 0.3 is 12.1 Å². The molecule has 1 aliphatic heterocycles. The van der Waals surface area contributed by atoms with Crippen molar-refractivity contribution < 1.29 is 32.4 Å². The zero-order chi connectivity index (χ0) is 16.5. The summed E-state index contributed by atoms with van der Waals surface area (Å²) in [4.78, 5) is 22.9. The molecule has 1 aliphatic rings. The smallest absolute Gasteiger partial charge is 0.410 e. The van der Waals surface area contributed by atoms with E-state index < -0.39 is 27.9 Å². The first-order chi connectivity index (χ1) is 10.2. The summed E-state index contributed by atoms with van der Waals surface area (Å²) in [6, 6.07) is 5.37. The molecule has 22 heavy (non-hydrogen) atoms. The minimum Gasteiger partial charge on any atom is -0.478 e. The van der Waals surface area contributed by atoms with Crippen molar-refractivity contribution in [3.63, 3.8) is 0 Å². The van der Waals surface area contributed by atoms with Gasteiger partial charge in [0, 0.05) is 17.4 Å². The summed E-state index contributed by atoms with van der Waals surface area (Å²) in [6.45, 7) is -0.114. The lowest BCUT2D eigenvalue weighted by molar-refractivity contribution is -0.167. The summed E-state index contributed by atoms with van der Waals surface area (Å²) >= 11 is 3.15. The second kappa shape index (κ2) is 5.86. The predicted molar refractivity (Wildman–Crippen MR) is 76.7 cm³/mol. The number of rotatable bonds is 4. The Morgan fingerprint density at radius 3 is 2.32 bits per heavy atom. The van der Waals surface area contributed by atoms with Crippen molar-refractivity contribution in [3.05, 3.63) is 28.7 Å². The second-order valence-electron chi connectivity index (χ2n) is 4.62. The van der Waals surface area contributed by atoms with Crippen LogP contribution in [0, 0.1) is 0 Å². The van der Waals surface area contributed by atoms with Gasteiger partial charge in [-0.1, -0.05) is 15.9 Å². The molecule has 2 N–H and O–H groups in total. The van der Waals surface area contributed by atoms with Crippen molar-refractivity contribution in [2.75, 3.05) is 6.54 Å². The Morgan fingerprint density at radius 1 is 1.23 bits per heavy atom. The number of halogens is 1. The summed E-state index contributed by atoms with van der Waals surface area (Å²) in [5, 5.41) is 18.4. The lowest BCUT2D eigenvalue weighted by Crippen LogP contribution is -2.55. The first kappa shape index (κ1) is 16.7. The van der Waals surface area contributed by atoms with Gasteiger partial charge < -0.3 is 10.2 Å². The molecule has 1 fully saturated rings. The van der Waals surface area contributed by atoms with Crippen LogP contribution in [0.3, 0.4) is 0 Å². The molecular weight excluding hydrogens is 382 g/mol. The van der Waals surface area contributed by atoms with E-state index in [2.05, 4.69) is 15.9 Å². The Kier molecular flexibility index (Phi) is 4.45. The number of hydrogen-bond acceptors (Lipinski definition) is 5. The lowest BCUT2D eigenvalue weighted by Gasteiger charge is -2.31. The van der Waals surface area contributed by atoms with Crippen LogP contribution < -0.4 is 0 Å². The topological polar surface area (TPSA) is 121 Å². The van der Waals surface area contributed by atoms with Crippen molar-refractivity contribution in [1.82, 2.24) is 4.90 Å². The molecule has 1 atom stereocenters. The molecule has 8 nitrogen and oxygen atoms in total. The monoisotopic (exact) mass is 393 g/mol. The summed E-state index contributed by atoms with van der Waals surface area (Å²) in [5.74, 6) is -1.66. The Balaban J connectivity index is 2.42. The number of nitrogens with zero attached hydrogens (tertiary/aromatic N) is 1. The molecule has 0 radical (unpaired) electrons. The number of carboxylic acid groups (broad SMARTS) is 2. The molecule has 1 amide bonds. The van der Waals surface area contributed by atoms with E-state index in [1.807, 2.05) is 0 Å². The number of hydrogen-bond donors (Lipinski definition) is 2. The van der Waals surface area contributed by atoms with Crippen LogP contribution in [0.1, 0.15) is 12.8 Å². The molecule has 0 spiro atoms. The van der Waals surface area contributed by atoms with Crippen LogP contribution in [0.25, 0.3) is 0 Å². The van der Waals surface area contributed by atoms with Crippen LogP contribution in [-0.2, 0) is 19.1 Å². The molecule has 120 valence electrons. The zero-order valence-electron chi connectivity index (χ0n) is 11.1. The number of likely N-dealkylation sites (tertiary alicyclic amines) is 1. The average Bonchev–Trinajstić information content (AvgIpc) is 2.83.